The molecular formula is C16H12FN3O5S2. The lowest BCUT2D eigenvalue weighted by Gasteiger charge is -2.17. The van der Waals surface area contributed by atoms with E-state index in [4.69, 9.17) is 9.47 Å². The molecule has 1 amide bonds. The van der Waals surface area contributed by atoms with Crippen LogP contribution in [-0.4, -0.2) is 32.0 Å². The van der Waals surface area contributed by atoms with Crippen LogP contribution in [0.4, 0.5) is 15.8 Å². The Balaban J connectivity index is 1.41. The van der Waals surface area contributed by atoms with Crippen molar-refractivity contribution in [3.05, 3.63) is 42.2 Å². The van der Waals surface area contributed by atoms with Crippen molar-refractivity contribution in [1.29, 1.82) is 0 Å². The molecule has 0 saturated carbocycles. The highest BCUT2D eigenvalue weighted by atomic mass is 32.2. The summed E-state index contributed by atoms with van der Waals surface area (Å²) in [6.07, 6.45) is 0. The van der Waals surface area contributed by atoms with Gasteiger partial charge in [-0.1, -0.05) is 11.8 Å². The molecule has 11 heteroatoms. The molecule has 2 aromatic rings. The van der Waals surface area contributed by atoms with Crippen LogP contribution in [0, 0.1) is 5.82 Å². The summed E-state index contributed by atoms with van der Waals surface area (Å²) in [6.45, 7) is 0.133. The zero-order valence-electron chi connectivity index (χ0n) is 13.6. The molecule has 0 atom stereocenters. The minimum Gasteiger partial charge on any atom is -0.454 e. The molecule has 0 spiro atoms. The predicted octanol–water partition coefficient (Wildman–Crippen LogP) is 2.40. The van der Waals surface area contributed by atoms with E-state index < -0.39 is 15.8 Å². The van der Waals surface area contributed by atoms with Gasteiger partial charge in [-0.05, 0) is 30.3 Å². The average molecular weight is 409 g/mol. The Morgan fingerprint density at radius 2 is 2.04 bits per heavy atom. The first-order valence-electron chi connectivity index (χ1n) is 7.64. The number of hydrogen-bond donors (Lipinski definition) is 2. The van der Waals surface area contributed by atoms with E-state index in [1.165, 1.54) is 6.07 Å². The van der Waals surface area contributed by atoms with E-state index in [1.54, 1.807) is 18.2 Å². The number of rotatable bonds is 3. The van der Waals surface area contributed by atoms with Gasteiger partial charge in [-0.3, -0.25) is 4.79 Å². The SMILES string of the molecule is O=C(CSC1=NS(=O)(=O)c2cc(F)ccc2N1)Nc1ccc2c(c1)OCO2. The number of amidine groups is 1. The standard InChI is InChI=1S/C16H12FN3O5S2/c17-9-1-3-11-14(5-9)27(22,23)20-16(19-11)26-7-15(21)18-10-2-4-12-13(6-10)25-8-24-12/h1-6H,7-8H2,(H,18,21)(H,19,20). The molecule has 27 heavy (non-hydrogen) atoms. The van der Waals surface area contributed by atoms with Crippen LogP contribution in [0.15, 0.2) is 45.7 Å². The molecule has 0 bridgehead atoms. The lowest BCUT2D eigenvalue weighted by Crippen LogP contribution is -2.22. The molecule has 2 heterocycles. The predicted molar refractivity (Wildman–Crippen MR) is 98.3 cm³/mol. The lowest BCUT2D eigenvalue weighted by molar-refractivity contribution is -0.113. The number of amides is 1. The molecule has 2 aromatic carbocycles. The molecule has 0 radical (unpaired) electrons. The number of nitrogens with zero attached hydrogens (tertiary/aromatic N) is 1. The maximum Gasteiger partial charge on any atom is 0.286 e. The smallest absolute Gasteiger partial charge is 0.286 e. The van der Waals surface area contributed by atoms with E-state index in [1.807, 2.05) is 0 Å². The van der Waals surface area contributed by atoms with Gasteiger partial charge >= 0.3 is 0 Å². The van der Waals surface area contributed by atoms with Gasteiger partial charge in [0.25, 0.3) is 10.0 Å². The number of sulfonamides is 1. The zero-order chi connectivity index (χ0) is 19.0. The van der Waals surface area contributed by atoms with Crippen molar-refractivity contribution in [3.8, 4) is 11.5 Å². The highest BCUT2D eigenvalue weighted by molar-refractivity contribution is 8.15. The molecule has 2 aliphatic rings. The van der Waals surface area contributed by atoms with E-state index in [9.17, 15) is 17.6 Å². The van der Waals surface area contributed by atoms with E-state index >= 15 is 0 Å². The second-order valence-corrected chi connectivity index (χ2v) is 8.08. The van der Waals surface area contributed by atoms with Crippen LogP contribution in [0.5, 0.6) is 11.5 Å². The number of thioether (sulfide) groups is 1. The molecule has 2 aliphatic heterocycles. The van der Waals surface area contributed by atoms with E-state index in [2.05, 4.69) is 15.0 Å². The van der Waals surface area contributed by atoms with Crippen molar-refractivity contribution < 1.29 is 27.1 Å². The van der Waals surface area contributed by atoms with E-state index in [0.717, 1.165) is 23.9 Å². The van der Waals surface area contributed by atoms with Crippen LogP contribution in [0.1, 0.15) is 0 Å². The van der Waals surface area contributed by atoms with Gasteiger partial charge in [-0.15, -0.1) is 4.40 Å². The van der Waals surface area contributed by atoms with Crippen molar-refractivity contribution in [2.24, 2.45) is 4.40 Å². The largest absolute Gasteiger partial charge is 0.454 e. The fourth-order valence-corrected chi connectivity index (χ4v) is 4.53. The summed E-state index contributed by atoms with van der Waals surface area (Å²) in [5.74, 6) is 0.0307. The number of fused-ring (bicyclic) bond motifs is 2. The van der Waals surface area contributed by atoms with E-state index in [-0.39, 0.29) is 34.2 Å². The van der Waals surface area contributed by atoms with Crippen LogP contribution < -0.4 is 20.1 Å². The summed E-state index contributed by atoms with van der Waals surface area (Å²) < 4.78 is 51.6. The van der Waals surface area contributed by atoms with Crippen LogP contribution >= 0.6 is 11.8 Å². The molecule has 4 rings (SSSR count). The van der Waals surface area contributed by atoms with Crippen molar-refractivity contribution in [2.75, 3.05) is 23.2 Å². The molecule has 0 saturated heterocycles. The third kappa shape index (κ3) is 3.69. The molecule has 8 nitrogen and oxygen atoms in total. The maximum atomic E-state index is 13.3. The summed E-state index contributed by atoms with van der Waals surface area (Å²) in [5.41, 5.74) is 0.738. The second kappa shape index (κ2) is 6.74. The first-order valence-corrected chi connectivity index (χ1v) is 10.1. The van der Waals surface area contributed by atoms with Gasteiger partial charge in [0.2, 0.25) is 12.7 Å². The maximum absolute atomic E-state index is 13.3. The molecule has 0 aromatic heterocycles. The topological polar surface area (TPSA) is 106 Å². The number of anilines is 2. The molecule has 140 valence electrons. The van der Waals surface area contributed by atoms with Gasteiger partial charge in [-0.25, -0.2) is 4.39 Å². The van der Waals surface area contributed by atoms with Gasteiger partial charge in [0.1, 0.15) is 10.7 Å². The lowest BCUT2D eigenvalue weighted by atomic mass is 10.3. The Morgan fingerprint density at radius 3 is 2.89 bits per heavy atom. The highest BCUT2D eigenvalue weighted by Gasteiger charge is 2.26. The van der Waals surface area contributed by atoms with Crippen LogP contribution in [-0.2, 0) is 14.8 Å². The number of benzene rings is 2. The second-order valence-electron chi connectivity index (χ2n) is 5.54. The van der Waals surface area contributed by atoms with E-state index in [0.29, 0.717) is 17.2 Å². The average Bonchev–Trinajstić information content (AvgIpc) is 3.08. The highest BCUT2D eigenvalue weighted by Crippen LogP contribution is 2.34. The van der Waals surface area contributed by atoms with Crippen molar-refractivity contribution >= 4 is 44.2 Å². The first-order chi connectivity index (χ1) is 12.9. The number of nitrogens with one attached hydrogen (secondary N) is 2. The fourth-order valence-electron chi connectivity index (χ4n) is 2.48. The van der Waals surface area contributed by atoms with Crippen molar-refractivity contribution in [3.63, 3.8) is 0 Å². The van der Waals surface area contributed by atoms with Gasteiger partial charge in [0.15, 0.2) is 16.7 Å². The normalized spacial score (nSPS) is 16.1. The summed E-state index contributed by atoms with van der Waals surface area (Å²) in [7, 11) is -4.02. The summed E-state index contributed by atoms with van der Waals surface area (Å²) >= 11 is 0.918. The minimum atomic E-state index is -4.02. The van der Waals surface area contributed by atoms with Gasteiger partial charge in [-0.2, -0.15) is 8.42 Å². The summed E-state index contributed by atoms with van der Waals surface area (Å²) in [6, 6.07) is 8.33. The van der Waals surface area contributed by atoms with Gasteiger partial charge in [0.05, 0.1) is 11.4 Å². The Kier molecular flexibility index (Phi) is 4.40. The Morgan fingerprint density at radius 1 is 1.22 bits per heavy atom. The molecule has 0 aliphatic carbocycles. The number of halogens is 1. The molecule has 0 fully saturated rings. The van der Waals surface area contributed by atoms with Gasteiger partial charge in [0, 0.05) is 11.8 Å². The zero-order valence-corrected chi connectivity index (χ0v) is 15.2. The molecular weight excluding hydrogens is 397 g/mol. The van der Waals surface area contributed by atoms with Crippen LogP contribution in [0.25, 0.3) is 0 Å². The quantitative estimate of drug-likeness (QED) is 0.802. The fraction of sp³-hybridized carbons (Fsp3) is 0.125. The number of ether oxygens (including phenoxy) is 2. The third-order valence-corrected chi connectivity index (χ3v) is 5.97. The number of hydrogen-bond acceptors (Lipinski definition) is 7. The Hall–Kier alpha value is -2.79. The Bertz CT molecular complexity index is 1070. The summed E-state index contributed by atoms with van der Waals surface area (Å²) in [5, 5.41) is 5.50. The van der Waals surface area contributed by atoms with Crippen molar-refractivity contribution in [2.45, 2.75) is 4.90 Å². The molecule has 0 unspecified atom stereocenters. The third-order valence-electron chi connectivity index (χ3n) is 3.66. The number of carbonyl (C=O) groups is 1. The summed E-state index contributed by atoms with van der Waals surface area (Å²) in [4.78, 5) is 11.9. The molecule has 2 N–H and O–H groups in total. The minimum absolute atomic E-state index is 0.0370. The first kappa shape index (κ1) is 17.6. The number of carbonyl (C=O) groups excluding carboxylic acids is 1. The van der Waals surface area contributed by atoms with Gasteiger partial charge < -0.3 is 20.1 Å². The van der Waals surface area contributed by atoms with Crippen molar-refractivity contribution in [1.82, 2.24) is 0 Å². The van der Waals surface area contributed by atoms with Crippen LogP contribution in [0.3, 0.4) is 0 Å². The Labute approximate surface area is 157 Å². The van der Waals surface area contributed by atoms with Crippen LogP contribution in [0.2, 0.25) is 0 Å². The monoisotopic (exact) mass is 409 g/mol.